The summed E-state index contributed by atoms with van der Waals surface area (Å²) in [6.07, 6.45) is -4.22. The summed E-state index contributed by atoms with van der Waals surface area (Å²) in [6, 6.07) is 4.30. The van der Waals surface area contributed by atoms with Crippen molar-refractivity contribution in [3.8, 4) is 0 Å². The standard InChI is InChI=1S/C15H15F3N2O5/c16-15(17,18)14(22)19-10-3-7-12(8-4-10)25-13(21)9-1-5-11(6-2-9)20(23)24/h1-2,5-6,10,12H,3-4,7-8H2,(H,19,22). The second-order valence-corrected chi connectivity index (χ2v) is 5.65. The monoisotopic (exact) mass is 360 g/mol. The minimum Gasteiger partial charge on any atom is -0.459 e. The fourth-order valence-corrected chi connectivity index (χ4v) is 2.53. The van der Waals surface area contributed by atoms with Crippen molar-refractivity contribution in [3.05, 3.63) is 39.9 Å². The number of amides is 1. The molecule has 0 spiro atoms. The van der Waals surface area contributed by atoms with Gasteiger partial charge in [-0.2, -0.15) is 13.2 Å². The number of rotatable bonds is 4. The molecule has 0 radical (unpaired) electrons. The highest BCUT2D eigenvalue weighted by molar-refractivity contribution is 5.89. The molecule has 1 N–H and O–H groups in total. The van der Waals surface area contributed by atoms with E-state index in [0.29, 0.717) is 12.8 Å². The number of nitrogens with zero attached hydrogens (tertiary/aromatic N) is 1. The van der Waals surface area contributed by atoms with Crippen LogP contribution < -0.4 is 5.32 Å². The van der Waals surface area contributed by atoms with Gasteiger partial charge in [-0.05, 0) is 37.8 Å². The zero-order chi connectivity index (χ0) is 18.6. The third-order valence-electron chi connectivity index (χ3n) is 3.85. The van der Waals surface area contributed by atoms with E-state index in [-0.39, 0.29) is 24.1 Å². The maximum absolute atomic E-state index is 12.2. The number of hydrogen-bond acceptors (Lipinski definition) is 5. The minimum atomic E-state index is -4.92. The molecule has 1 fully saturated rings. The quantitative estimate of drug-likeness (QED) is 0.506. The second-order valence-electron chi connectivity index (χ2n) is 5.65. The third kappa shape index (κ3) is 5.16. The Labute approximate surface area is 140 Å². The van der Waals surface area contributed by atoms with Crippen molar-refractivity contribution in [3.63, 3.8) is 0 Å². The van der Waals surface area contributed by atoms with Crippen LogP contribution in [0.1, 0.15) is 36.0 Å². The normalized spacial score (nSPS) is 20.6. The molecule has 1 aliphatic carbocycles. The van der Waals surface area contributed by atoms with E-state index in [1.165, 1.54) is 24.3 Å². The number of hydrogen-bond donors (Lipinski definition) is 1. The molecule has 2 rings (SSSR count). The number of esters is 1. The molecule has 0 unspecified atom stereocenters. The lowest BCUT2D eigenvalue weighted by atomic mass is 9.93. The van der Waals surface area contributed by atoms with E-state index in [1.807, 2.05) is 5.32 Å². The Morgan fingerprint density at radius 3 is 2.16 bits per heavy atom. The maximum Gasteiger partial charge on any atom is 0.471 e. The minimum absolute atomic E-state index is 0.151. The summed E-state index contributed by atoms with van der Waals surface area (Å²) in [7, 11) is 0. The Bertz CT molecular complexity index is 652. The molecule has 1 aromatic carbocycles. The molecular weight excluding hydrogens is 345 g/mol. The smallest absolute Gasteiger partial charge is 0.459 e. The molecule has 25 heavy (non-hydrogen) atoms. The molecule has 1 amide bonds. The summed E-state index contributed by atoms with van der Waals surface area (Å²) < 4.78 is 41.8. The first-order valence-corrected chi connectivity index (χ1v) is 7.50. The number of carbonyl (C=O) groups excluding carboxylic acids is 2. The van der Waals surface area contributed by atoms with Gasteiger partial charge in [-0.1, -0.05) is 0 Å². The number of ether oxygens (including phenoxy) is 1. The van der Waals surface area contributed by atoms with Crippen LogP contribution in [0, 0.1) is 10.1 Å². The molecule has 0 saturated heterocycles. The average Bonchev–Trinajstić information content (AvgIpc) is 2.55. The molecule has 10 heteroatoms. The molecular formula is C15H15F3N2O5. The number of halogens is 3. The van der Waals surface area contributed by atoms with Gasteiger partial charge in [0, 0.05) is 18.2 Å². The Kier molecular flexibility index (Phi) is 5.60. The fraction of sp³-hybridized carbons (Fsp3) is 0.467. The SMILES string of the molecule is O=C(OC1CCC(NC(=O)C(F)(F)F)CC1)c1ccc([N+](=O)[O-])cc1. The lowest BCUT2D eigenvalue weighted by Crippen LogP contribution is -2.45. The van der Waals surface area contributed by atoms with Gasteiger partial charge in [-0.25, -0.2) is 4.79 Å². The first-order chi connectivity index (χ1) is 11.7. The summed E-state index contributed by atoms with van der Waals surface area (Å²) >= 11 is 0. The van der Waals surface area contributed by atoms with Crippen molar-refractivity contribution in [1.29, 1.82) is 0 Å². The topological polar surface area (TPSA) is 98.5 Å². The van der Waals surface area contributed by atoms with Gasteiger partial charge >= 0.3 is 18.1 Å². The van der Waals surface area contributed by atoms with Gasteiger partial charge in [-0.15, -0.1) is 0 Å². The molecule has 1 aliphatic rings. The molecule has 7 nitrogen and oxygen atoms in total. The highest BCUT2D eigenvalue weighted by Crippen LogP contribution is 2.24. The van der Waals surface area contributed by atoms with Gasteiger partial charge in [0.1, 0.15) is 6.10 Å². The zero-order valence-corrected chi connectivity index (χ0v) is 12.9. The third-order valence-corrected chi connectivity index (χ3v) is 3.85. The molecule has 1 saturated carbocycles. The van der Waals surface area contributed by atoms with Crippen LogP contribution >= 0.6 is 0 Å². The maximum atomic E-state index is 12.2. The fourth-order valence-electron chi connectivity index (χ4n) is 2.53. The van der Waals surface area contributed by atoms with E-state index < -0.39 is 35.1 Å². The van der Waals surface area contributed by atoms with Crippen LogP contribution in [0.3, 0.4) is 0 Å². The first-order valence-electron chi connectivity index (χ1n) is 7.50. The Morgan fingerprint density at radius 2 is 1.68 bits per heavy atom. The van der Waals surface area contributed by atoms with E-state index in [1.54, 1.807) is 0 Å². The highest BCUT2D eigenvalue weighted by Gasteiger charge is 2.40. The van der Waals surface area contributed by atoms with Crippen molar-refractivity contribution >= 4 is 17.6 Å². The van der Waals surface area contributed by atoms with Crippen LogP contribution in [0.4, 0.5) is 18.9 Å². The van der Waals surface area contributed by atoms with Crippen LogP contribution in [0.25, 0.3) is 0 Å². The van der Waals surface area contributed by atoms with Crippen LogP contribution in [0.5, 0.6) is 0 Å². The molecule has 0 bridgehead atoms. The van der Waals surface area contributed by atoms with E-state index in [0.717, 1.165) is 0 Å². The van der Waals surface area contributed by atoms with Crippen LogP contribution in [0.2, 0.25) is 0 Å². The van der Waals surface area contributed by atoms with E-state index in [9.17, 15) is 32.9 Å². The number of nitro benzene ring substituents is 1. The predicted octanol–water partition coefficient (Wildman–Crippen LogP) is 2.74. The number of nitro groups is 1. The lowest BCUT2D eigenvalue weighted by molar-refractivity contribution is -0.384. The number of non-ortho nitro benzene ring substituents is 1. The summed E-state index contributed by atoms with van der Waals surface area (Å²) in [4.78, 5) is 32.8. The van der Waals surface area contributed by atoms with Crippen LogP contribution in [-0.4, -0.2) is 35.1 Å². The zero-order valence-electron chi connectivity index (χ0n) is 12.9. The van der Waals surface area contributed by atoms with Gasteiger partial charge in [0.15, 0.2) is 0 Å². The van der Waals surface area contributed by atoms with E-state index in [2.05, 4.69) is 0 Å². The molecule has 0 aromatic heterocycles. The number of benzene rings is 1. The Morgan fingerprint density at radius 1 is 1.12 bits per heavy atom. The van der Waals surface area contributed by atoms with E-state index >= 15 is 0 Å². The largest absolute Gasteiger partial charge is 0.471 e. The molecule has 0 heterocycles. The van der Waals surface area contributed by atoms with Gasteiger partial charge in [0.25, 0.3) is 5.69 Å². The van der Waals surface area contributed by atoms with Crippen molar-refractivity contribution in [1.82, 2.24) is 5.32 Å². The van der Waals surface area contributed by atoms with Crippen molar-refractivity contribution in [2.75, 3.05) is 0 Å². The lowest BCUT2D eigenvalue weighted by Gasteiger charge is -2.29. The van der Waals surface area contributed by atoms with E-state index in [4.69, 9.17) is 4.74 Å². The Balaban J connectivity index is 1.82. The predicted molar refractivity (Wildman–Crippen MR) is 78.8 cm³/mol. The average molecular weight is 360 g/mol. The summed E-state index contributed by atoms with van der Waals surface area (Å²) in [5.74, 6) is -2.63. The second kappa shape index (κ2) is 7.49. The summed E-state index contributed by atoms with van der Waals surface area (Å²) in [5.41, 5.74) is -0.00411. The van der Waals surface area contributed by atoms with Crippen molar-refractivity contribution in [2.24, 2.45) is 0 Å². The number of nitrogens with one attached hydrogen (secondary N) is 1. The van der Waals surface area contributed by atoms with Gasteiger partial charge in [0.05, 0.1) is 10.5 Å². The van der Waals surface area contributed by atoms with Gasteiger partial charge < -0.3 is 10.1 Å². The van der Waals surface area contributed by atoms with Crippen LogP contribution in [-0.2, 0) is 9.53 Å². The highest BCUT2D eigenvalue weighted by atomic mass is 19.4. The van der Waals surface area contributed by atoms with Crippen molar-refractivity contribution < 1.29 is 32.4 Å². The number of carbonyl (C=O) groups is 2. The molecule has 0 aliphatic heterocycles. The first kappa shape index (κ1) is 18.7. The summed E-state index contributed by atoms with van der Waals surface area (Å²) in [6.45, 7) is 0. The summed E-state index contributed by atoms with van der Waals surface area (Å²) in [5, 5.41) is 12.5. The van der Waals surface area contributed by atoms with Gasteiger partial charge in [-0.3, -0.25) is 14.9 Å². The number of alkyl halides is 3. The molecule has 1 aromatic rings. The molecule has 0 atom stereocenters. The molecule has 136 valence electrons. The van der Waals surface area contributed by atoms with Crippen molar-refractivity contribution in [2.45, 2.75) is 44.0 Å². The van der Waals surface area contributed by atoms with Gasteiger partial charge in [0.2, 0.25) is 0 Å². The van der Waals surface area contributed by atoms with Crippen LogP contribution in [0.15, 0.2) is 24.3 Å². The Hall–Kier alpha value is -2.65.